The SMILES string of the molecule is CC(C)NC(=O)CN(C)c1cccc2c1CCNC2. The fourth-order valence-corrected chi connectivity index (χ4v) is 2.54. The molecule has 1 aromatic carbocycles. The molecule has 0 radical (unpaired) electrons. The van der Waals surface area contributed by atoms with Crippen molar-refractivity contribution in [2.24, 2.45) is 0 Å². The van der Waals surface area contributed by atoms with Crippen LogP contribution < -0.4 is 15.5 Å². The van der Waals surface area contributed by atoms with Crippen molar-refractivity contribution >= 4 is 11.6 Å². The summed E-state index contributed by atoms with van der Waals surface area (Å²) in [6.07, 6.45) is 1.03. The van der Waals surface area contributed by atoms with Crippen molar-refractivity contribution < 1.29 is 4.79 Å². The van der Waals surface area contributed by atoms with Gasteiger partial charge in [0.25, 0.3) is 0 Å². The molecule has 0 bridgehead atoms. The van der Waals surface area contributed by atoms with Crippen molar-refractivity contribution in [2.45, 2.75) is 32.9 Å². The Labute approximate surface area is 115 Å². The molecule has 4 nitrogen and oxygen atoms in total. The van der Waals surface area contributed by atoms with Crippen molar-refractivity contribution in [3.63, 3.8) is 0 Å². The number of hydrogen-bond acceptors (Lipinski definition) is 3. The predicted octanol–water partition coefficient (Wildman–Crippen LogP) is 1.29. The summed E-state index contributed by atoms with van der Waals surface area (Å²) in [7, 11) is 1.98. The van der Waals surface area contributed by atoms with Crippen LogP contribution in [0.4, 0.5) is 5.69 Å². The fraction of sp³-hybridized carbons (Fsp3) is 0.533. The molecule has 19 heavy (non-hydrogen) atoms. The van der Waals surface area contributed by atoms with Gasteiger partial charge in [-0.3, -0.25) is 4.79 Å². The van der Waals surface area contributed by atoms with E-state index in [4.69, 9.17) is 0 Å². The van der Waals surface area contributed by atoms with Gasteiger partial charge >= 0.3 is 0 Å². The third-order valence-electron chi connectivity index (χ3n) is 3.36. The van der Waals surface area contributed by atoms with Crippen LogP contribution >= 0.6 is 0 Å². The maximum Gasteiger partial charge on any atom is 0.239 e. The van der Waals surface area contributed by atoms with Crippen molar-refractivity contribution in [3.8, 4) is 0 Å². The van der Waals surface area contributed by atoms with Crippen LogP contribution in [0.1, 0.15) is 25.0 Å². The Hall–Kier alpha value is -1.55. The average molecular weight is 261 g/mol. The van der Waals surface area contributed by atoms with E-state index in [9.17, 15) is 4.79 Å². The van der Waals surface area contributed by atoms with Crippen molar-refractivity contribution in [3.05, 3.63) is 29.3 Å². The highest BCUT2D eigenvalue weighted by Gasteiger charge is 2.16. The van der Waals surface area contributed by atoms with E-state index in [1.54, 1.807) is 0 Å². The lowest BCUT2D eigenvalue weighted by molar-refractivity contribution is -0.120. The lowest BCUT2D eigenvalue weighted by Gasteiger charge is -2.26. The summed E-state index contributed by atoms with van der Waals surface area (Å²) >= 11 is 0. The lowest BCUT2D eigenvalue weighted by atomic mass is 9.98. The quantitative estimate of drug-likeness (QED) is 0.858. The first-order valence-corrected chi connectivity index (χ1v) is 6.90. The van der Waals surface area contributed by atoms with Gasteiger partial charge in [-0.15, -0.1) is 0 Å². The Morgan fingerprint density at radius 2 is 2.26 bits per heavy atom. The zero-order valence-electron chi connectivity index (χ0n) is 12.0. The Kier molecular flexibility index (Phi) is 4.43. The summed E-state index contributed by atoms with van der Waals surface area (Å²) in [6, 6.07) is 6.52. The largest absolute Gasteiger partial charge is 0.365 e. The van der Waals surface area contributed by atoms with Gasteiger partial charge in [-0.2, -0.15) is 0 Å². The molecule has 0 unspecified atom stereocenters. The Morgan fingerprint density at radius 1 is 1.47 bits per heavy atom. The Morgan fingerprint density at radius 3 is 3.00 bits per heavy atom. The van der Waals surface area contributed by atoms with Crippen molar-refractivity contribution in [1.29, 1.82) is 0 Å². The van der Waals surface area contributed by atoms with Gasteiger partial charge in [0.05, 0.1) is 6.54 Å². The number of nitrogens with one attached hydrogen (secondary N) is 2. The zero-order valence-corrected chi connectivity index (χ0v) is 12.0. The number of benzene rings is 1. The highest BCUT2D eigenvalue weighted by atomic mass is 16.2. The third-order valence-corrected chi connectivity index (χ3v) is 3.36. The molecule has 0 saturated carbocycles. The number of nitrogens with zero attached hydrogens (tertiary/aromatic N) is 1. The molecule has 0 atom stereocenters. The predicted molar refractivity (Wildman–Crippen MR) is 78.4 cm³/mol. The number of carbonyl (C=O) groups excluding carboxylic acids is 1. The molecule has 104 valence electrons. The second-order valence-corrected chi connectivity index (χ2v) is 5.42. The van der Waals surface area contributed by atoms with Crippen LogP contribution in [-0.4, -0.2) is 32.1 Å². The van der Waals surface area contributed by atoms with Crippen molar-refractivity contribution in [1.82, 2.24) is 10.6 Å². The van der Waals surface area contributed by atoms with Gasteiger partial charge in [0.15, 0.2) is 0 Å². The Bertz CT molecular complexity index is 457. The number of rotatable bonds is 4. The van der Waals surface area contributed by atoms with Crippen LogP contribution in [0, 0.1) is 0 Å². The molecule has 1 aliphatic heterocycles. The molecular formula is C15H23N3O. The number of carbonyl (C=O) groups is 1. The van der Waals surface area contributed by atoms with E-state index in [1.807, 2.05) is 25.8 Å². The first-order valence-electron chi connectivity index (χ1n) is 6.90. The minimum Gasteiger partial charge on any atom is -0.365 e. The van der Waals surface area contributed by atoms with Gasteiger partial charge in [0.2, 0.25) is 5.91 Å². The normalized spacial score (nSPS) is 14.1. The molecule has 1 heterocycles. The minimum absolute atomic E-state index is 0.0732. The first kappa shape index (κ1) is 13.9. The second kappa shape index (κ2) is 6.06. The third kappa shape index (κ3) is 3.47. The molecule has 0 spiro atoms. The molecular weight excluding hydrogens is 238 g/mol. The van der Waals surface area contributed by atoms with Crippen LogP contribution in [0.5, 0.6) is 0 Å². The number of hydrogen-bond donors (Lipinski definition) is 2. The number of fused-ring (bicyclic) bond motifs is 1. The molecule has 2 rings (SSSR count). The smallest absolute Gasteiger partial charge is 0.239 e. The molecule has 1 aromatic rings. The molecule has 0 saturated heterocycles. The van der Waals surface area contributed by atoms with Gasteiger partial charge < -0.3 is 15.5 Å². The van der Waals surface area contributed by atoms with E-state index in [0.29, 0.717) is 6.54 Å². The summed E-state index contributed by atoms with van der Waals surface area (Å²) in [4.78, 5) is 13.9. The van der Waals surface area contributed by atoms with Gasteiger partial charge in [0, 0.05) is 25.3 Å². The van der Waals surface area contributed by atoms with E-state index in [0.717, 1.165) is 19.5 Å². The maximum absolute atomic E-state index is 11.8. The molecule has 1 amide bonds. The zero-order chi connectivity index (χ0) is 13.8. The van der Waals surface area contributed by atoms with Crippen molar-refractivity contribution in [2.75, 3.05) is 25.0 Å². The highest BCUT2D eigenvalue weighted by Crippen LogP contribution is 2.25. The van der Waals surface area contributed by atoms with Crippen LogP contribution in [0.15, 0.2) is 18.2 Å². The number of anilines is 1. The van der Waals surface area contributed by atoms with E-state index in [-0.39, 0.29) is 11.9 Å². The van der Waals surface area contributed by atoms with Crippen LogP contribution in [0.3, 0.4) is 0 Å². The number of likely N-dealkylation sites (N-methyl/N-ethyl adjacent to an activating group) is 1. The molecule has 2 N–H and O–H groups in total. The summed E-state index contributed by atoms with van der Waals surface area (Å²) < 4.78 is 0. The second-order valence-electron chi connectivity index (χ2n) is 5.42. The standard InChI is InChI=1S/C15H23N3O/c1-11(2)17-15(19)10-18(3)14-6-4-5-12-9-16-8-7-13(12)14/h4-6,11,16H,7-10H2,1-3H3,(H,17,19). The monoisotopic (exact) mass is 261 g/mol. The van der Waals surface area contributed by atoms with Gasteiger partial charge in [-0.05, 0) is 44.0 Å². The van der Waals surface area contributed by atoms with Gasteiger partial charge in [-0.25, -0.2) is 0 Å². The van der Waals surface area contributed by atoms with Crippen LogP contribution in [0.25, 0.3) is 0 Å². The van der Waals surface area contributed by atoms with Crippen LogP contribution in [-0.2, 0) is 17.8 Å². The Balaban J connectivity index is 2.11. The van der Waals surface area contributed by atoms with E-state index in [2.05, 4.69) is 28.8 Å². The molecule has 1 aliphatic rings. The first-order chi connectivity index (χ1) is 9.08. The molecule has 0 aromatic heterocycles. The minimum atomic E-state index is 0.0732. The lowest BCUT2D eigenvalue weighted by Crippen LogP contribution is -2.39. The molecule has 0 aliphatic carbocycles. The molecule has 4 heteroatoms. The topological polar surface area (TPSA) is 44.4 Å². The summed E-state index contributed by atoms with van der Waals surface area (Å²) in [5.41, 5.74) is 3.90. The van der Waals surface area contributed by atoms with E-state index >= 15 is 0 Å². The fourth-order valence-electron chi connectivity index (χ4n) is 2.54. The summed E-state index contributed by atoms with van der Waals surface area (Å²) in [6.45, 7) is 6.30. The van der Waals surface area contributed by atoms with Gasteiger partial charge in [0.1, 0.15) is 0 Å². The van der Waals surface area contributed by atoms with E-state index < -0.39 is 0 Å². The van der Waals surface area contributed by atoms with Gasteiger partial charge in [-0.1, -0.05) is 12.1 Å². The van der Waals surface area contributed by atoms with E-state index in [1.165, 1.54) is 16.8 Å². The highest BCUT2D eigenvalue weighted by molar-refractivity contribution is 5.81. The maximum atomic E-state index is 11.8. The van der Waals surface area contributed by atoms with Crippen LogP contribution in [0.2, 0.25) is 0 Å². The number of amides is 1. The average Bonchev–Trinajstić information content (AvgIpc) is 2.36. The summed E-state index contributed by atoms with van der Waals surface area (Å²) in [5, 5.41) is 6.31. The molecule has 0 fully saturated rings. The summed E-state index contributed by atoms with van der Waals surface area (Å²) in [5.74, 6) is 0.0732.